The molecule has 1 aliphatic heterocycles. The van der Waals surface area contributed by atoms with Crippen molar-refractivity contribution < 1.29 is 12.8 Å². The van der Waals surface area contributed by atoms with Crippen LogP contribution in [0.5, 0.6) is 0 Å². The Balaban J connectivity index is 2.00. The summed E-state index contributed by atoms with van der Waals surface area (Å²) in [6, 6.07) is 1.31. The standard InChI is InChI=1S/C12H19FN4O2S/c1-14-8-10-3-6-17(7-4-10)20(18,19)16-12-2-5-15-9-11(12)13/h2,5,9-10,14H,3-4,6-8H2,1H3,(H,15,16). The number of aromatic nitrogens is 1. The van der Waals surface area contributed by atoms with E-state index in [2.05, 4.69) is 15.0 Å². The number of anilines is 1. The number of nitrogens with zero attached hydrogens (tertiary/aromatic N) is 2. The van der Waals surface area contributed by atoms with Gasteiger partial charge in [-0.25, -0.2) is 4.39 Å². The first-order chi connectivity index (χ1) is 9.53. The van der Waals surface area contributed by atoms with Gasteiger partial charge < -0.3 is 5.32 Å². The summed E-state index contributed by atoms with van der Waals surface area (Å²) >= 11 is 0. The van der Waals surface area contributed by atoms with Crippen molar-refractivity contribution in [2.75, 3.05) is 31.4 Å². The maximum atomic E-state index is 13.4. The highest BCUT2D eigenvalue weighted by Crippen LogP contribution is 2.21. The van der Waals surface area contributed by atoms with Crippen molar-refractivity contribution in [2.24, 2.45) is 5.92 Å². The molecule has 0 radical (unpaired) electrons. The third-order valence-electron chi connectivity index (χ3n) is 3.42. The zero-order valence-electron chi connectivity index (χ0n) is 11.3. The van der Waals surface area contributed by atoms with Crippen LogP contribution in [0.15, 0.2) is 18.5 Å². The smallest absolute Gasteiger partial charge is 0.301 e. The fourth-order valence-corrected chi connectivity index (χ4v) is 3.57. The summed E-state index contributed by atoms with van der Waals surface area (Å²) in [6.07, 6.45) is 3.94. The minimum atomic E-state index is -3.70. The van der Waals surface area contributed by atoms with Crippen LogP contribution in [0.25, 0.3) is 0 Å². The molecular formula is C12H19FN4O2S. The Morgan fingerprint density at radius 1 is 1.45 bits per heavy atom. The quantitative estimate of drug-likeness (QED) is 0.844. The first-order valence-corrected chi connectivity index (χ1v) is 7.99. The number of piperidine rings is 1. The van der Waals surface area contributed by atoms with Crippen LogP contribution in [0, 0.1) is 11.7 Å². The van der Waals surface area contributed by atoms with Gasteiger partial charge in [-0.1, -0.05) is 0 Å². The molecule has 2 N–H and O–H groups in total. The molecule has 0 unspecified atom stereocenters. The lowest BCUT2D eigenvalue weighted by atomic mass is 9.98. The second-order valence-corrected chi connectivity index (χ2v) is 6.53. The molecule has 2 heterocycles. The fraction of sp³-hybridized carbons (Fsp3) is 0.583. The van der Waals surface area contributed by atoms with Crippen molar-refractivity contribution in [3.63, 3.8) is 0 Å². The van der Waals surface area contributed by atoms with Crippen LogP contribution < -0.4 is 10.0 Å². The van der Waals surface area contributed by atoms with Gasteiger partial charge in [0.1, 0.15) is 0 Å². The molecule has 0 bridgehead atoms. The number of hydrogen-bond acceptors (Lipinski definition) is 4. The molecule has 2 rings (SSSR count). The van der Waals surface area contributed by atoms with Gasteiger partial charge in [0, 0.05) is 19.3 Å². The van der Waals surface area contributed by atoms with Crippen LogP contribution in [0.2, 0.25) is 0 Å². The van der Waals surface area contributed by atoms with Gasteiger partial charge in [0.15, 0.2) is 5.82 Å². The van der Waals surface area contributed by atoms with Gasteiger partial charge in [-0.05, 0) is 38.4 Å². The van der Waals surface area contributed by atoms with Crippen molar-refractivity contribution in [1.82, 2.24) is 14.6 Å². The molecule has 0 aromatic carbocycles. The van der Waals surface area contributed by atoms with Crippen LogP contribution in [0.4, 0.5) is 10.1 Å². The molecule has 0 atom stereocenters. The first-order valence-electron chi connectivity index (χ1n) is 6.55. The summed E-state index contributed by atoms with van der Waals surface area (Å²) in [6.45, 7) is 1.79. The lowest BCUT2D eigenvalue weighted by molar-refractivity contribution is 0.272. The topological polar surface area (TPSA) is 74.3 Å². The molecule has 0 saturated carbocycles. The van der Waals surface area contributed by atoms with Crippen LogP contribution in [-0.4, -0.2) is 44.4 Å². The highest BCUT2D eigenvalue weighted by molar-refractivity contribution is 7.90. The highest BCUT2D eigenvalue weighted by Gasteiger charge is 2.28. The van der Waals surface area contributed by atoms with Crippen molar-refractivity contribution in [1.29, 1.82) is 0 Å². The second-order valence-electron chi connectivity index (χ2n) is 4.86. The molecule has 0 amide bonds. The Kier molecular flexibility index (Phi) is 4.90. The van der Waals surface area contributed by atoms with E-state index in [1.165, 1.54) is 16.6 Å². The molecule has 0 aliphatic carbocycles. The molecule has 1 aliphatic rings. The zero-order chi connectivity index (χ0) is 14.6. The monoisotopic (exact) mass is 302 g/mol. The first kappa shape index (κ1) is 15.1. The molecule has 20 heavy (non-hydrogen) atoms. The van der Waals surface area contributed by atoms with Crippen LogP contribution >= 0.6 is 0 Å². The molecule has 1 fully saturated rings. The average molecular weight is 302 g/mol. The van der Waals surface area contributed by atoms with E-state index < -0.39 is 16.0 Å². The molecular weight excluding hydrogens is 283 g/mol. The van der Waals surface area contributed by atoms with Crippen LogP contribution in [-0.2, 0) is 10.2 Å². The summed E-state index contributed by atoms with van der Waals surface area (Å²) < 4.78 is 41.4. The average Bonchev–Trinajstić information content (AvgIpc) is 2.42. The molecule has 1 aromatic heterocycles. The largest absolute Gasteiger partial charge is 0.319 e. The Morgan fingerprint density at radius 3 is 2.75 bits per heavy atom. The Labute approximate surface area is 118 Å². The van der Waals surface area contributed by atoms with Crippen molar-refractivity contribution in [2.45, 2.75) is 12.8 Å². The van der Waals surface area contributed by atoms with Crippen LogP contribution in [0.3, 0.4) is 0 Å². The fourth-order valence-electron chi connectivity index (χ4n) is 2.30. The summed E-state index contributed by atoms with van der Waals surface area (Å²) in [5.74, 6) is -0.190. The third kappa shape index (κ3) is 3.65. The molecule has 0 spiro atoms. The SMILES string of the molecule is CNCC1CCN(S(=O)(=O)Nc2ccncc2F)CC1. The minimum absolute atomic E-state index is 0.0719. The predicted octanol–water partition coefficient (Wildman–Crippen LogP) is 0.809. The number of hydrogen-bond donors (Lipinski definition) is 2. The lowest BCUT2D eigenvalue weighted by Gasteiger charge is -2.31. The van der Waals surface area contributed by atoms with Gasteiger partial charge in [0.05, 0.1) is 11.9 Å². The minimum Gasteiger partial charge on any atom is -0.319 e. The lowest BCUT2D eigenvalue weighted by Crippen LogP contribution is -2.43. The normalized spacial score (nSPS) is 18.1. The maximum Gasteiger partial charge on any atom is 0.301 e. The summed E-state index contributed by atoms with van der Waals surface area (Å²) in [7, 11) is -1.82. The van der Waals surface area contributed by atoms with E-state index in [9.17, 15) is 12.8 Å². The third-order valence-corrected chi connectivity index (χ3v) is 4.94. The number of nitrogens with one attached hydrogen (secondary N) is 2. The van der Waals surface area contributed by atoms with E-state index in [1.54, 1.807) is 0 Å². The molecule has 8 heteroatoms. The van der Waals surface area contributed by atoms with Crippen molar-refractivity contribution in [3.05, 3.63) is 24.3 Å². The van der Waals surface area contributed by atoms with E-state index in [1.807, 2.05) is 7.05 Å². The highest BCUT2D eigenvalue weighted by atomic mass is 32.2. The number of halogens is 1. The van der Waals surface area contributed by atoms with Gasteiger partial charge >= 0.3 is 10.2 Å². The van der Waals surface area contributed by atoms with Gasteiger partial charge in [-0.2, -0.15) is 12.7 Å². The summed E-state index contributed by atoms with van der Waals surface area (Å²) in [5, 5.41) is 3.10. The zero-order valence-corrected chi connectivity index (χ0v) is 12.2. The van der Waals surface area contributed by atoms with E-state index in [0.717, 1.165) is 25.6 Å². The number of pyridine rings is 1. The van der Waals surface area contributed by atoms with Gasteiger partial charge in [-0.3, -0.25) is 9.71 Å². The Hall–Kier alpha value is -1.25. The second kappa shape index (κ2) is 6.47. The van der Waals surface area contributed by atoms with Crippen molar-refractivity contribution >= 4 is 15.9 Å². The Bertz CT molecular complexity index is 544. The molecule has 6 nitrogen and oxygen atoms in total. The van der Waals surface area contributed by atoms with Gasteiger partial charge in [0.2, 0.25) is 0 Å². The van der Waals surface area contributed by atoms with E-state index in [0.29, 0.717) is 19.0 Å². The Morgan fingerprint density at radius 2 is 2.15 bits per heavy atom. The van der Waals surface area contributed by atoms with Gasteiger partial charge in [-0.15, -0.1) is 0 Å². The molecule has 112 valence electrons. The molecule has 1 aromatic rings. The maximum absolute atomic E-state index is 13.4. The van der Waals surface area contributed by atoms with Gasteiger partial charge in [0.25, 0.3) is 0 Å². The van der Waals surface area contributed by atoms with E-state index >= 15 is 0 Å². The summed E-state index contributed by atoms with van der Waals surface area (Å²) in [4.78, 5) is 3.59. The van der Waals surface area contributed by atoms with Crippen LogP contribution in [0.1, 0.15) is 12.8 Å². The molecule has 1 saturated heterocycles. The number of rotatable bonds is 5. The summed E-state index contributed by atoms with van der Waals surface area (Å²) in [5.41, 5.74) is -0.0719. The van der Waals surface area contributed by atoms with Crippen molar-refractivity contribution in [3.8, 4) is 0 Å². The predicted molar refractivity (Wildman–Crippen MR) is 75.0 cm³/mol. The van der Waals surface area contributed by atoms with E-state index in [4.69, 9.17) is 0 Å². The van der Waals surface area contributed by atoms with E-state index in [-0.39, 0.29) is 5.69 Å².